The Hall–Kier alpha value is -3.22. The summed E-state index contributed by atoms with van der Waals surface area (Å²) in [6.45, 7) is 6.28. The fourth-order valence-corrected chi connectivity index (χ4v) is 11.9. The van der Waals surface area contributed by atoms with E-state index >= 15 is 0 Å². The molecule has 3 heteroatoms. The van der Waals surface area contributed by atoms with E-state index in [-0.39, 0.29) is 5.91 Å². The van der Waals surface area contributed by atoms with Crippen molar-refractivity contribution in [1.29, 1.82) is 0 Å². The van der Waals surface area contributed by atoms with Crippen LogP contribution in [0, 0.1) is 20.8 Å². The third-order valence-corrected chi connectivity index (χ3v) is 13.2. The average Bonchev–Trinajstić information content (AvgIpc) is 3.66. The molecule has 1 N–H and O–H groups in total. The van der Waals surface area contributed by atoms with Crippen LogP contribution in [0.15, 0.2) is 103 Å². The number of rotatable bonds is 6. The Bertz CT molecular complexity index is 1190. The van der Waals surface area contributed by atoms with Gasteiger partial charge in [0.15, 0.2) is 0 Å². The molecule has 0 spiro atoms. The molecule has 172 valence electrons. The maximum atomic E-state index is 14.4. The predicted molar refractivity (Wildman–Crippen MR) is 148 cm³/mol. The minimum atomic E-state index is -2.71. The van der Waals surface area contributed by atoms with E-state index in [0.29, 0.717) is 0 Å². The van der Waals surface area contributed by atoms with Gasteiger partial charge in [-0.25, -0.2) is 0 Å². The van der Waals surface area contributed by atoms with Crippen molar-refractivity contribution >= 4 is 34.8 Å². The van der Waals surface area contributed by atoms with Gasteiger partial charge in [-0.3, -0.25) is 0 Å². The standard InChI is InChI=1S/C31H32NOP/c1-23-21-24(2)29(25(3)22-23)32-30(33)31(19-20-31)34(26-13-7-4-8-14-26,27-15-9-5-10-16-27)28-17-11-6-12-18-28/h4-18,21-22,34H,19-20H2,1-3H3,(H,32,33). The van der Waals surface area contributed by atoms with Crippen LogP contribution in [0.2, 0.25) is 0 Å². The summed E-state index contributed by atoms with van der Waals surface area (Å²) in [6, 6.07) is 36.6. The summed E-state index contributed by atoms with van der Waals surface area (Å²) in [5.74, 6) is 0.158. The number of nitrogens with one attached hydrogen (secondary N) is 1. The summed E-state index contributed by atoms with van der Waals surface area (Å²) in [6.07, 6.45) is 1.79. The molecule has 0 bridgehead atoms. The molecule has 0 unspecified atom stereocenters. The van der Waals surface area contributed by atoms with Crippen LogP contribution in [0.25, 0.3) is 0 Å². The van der Waals surface area contributed by atoms with Gasteiger partial charge in [-0.05, 0) is 0 Å². The fourth-order valence-electron chi connectivity index (χ4n) is 5.90. The number of benzene rings is 4. The van der Waals surface area contributed by atoms with Crippen LogP contribution < -0.4 is 21.2 Å². The maximum absolute atomic E-state index is 14.4. The van der Waals surface area contributed by atoms with E-state index in [9.17, 15) is 4.79 Å². The first-order chi connectivity index (χ1) is 16.5. The van der Waals surface area contributed by atoms with Crippen molar-refractivity contribution in [3.05, 3.63) is 120 Å². The van der Waals surface area contributed by atoms with Crippen molar-refractivity contribution in [2.45, 2.75) is 38.8 Å². The van der Waals surface area contributed by atoms with Gasteiger partial charge in [-0.15, -0.1) is 0 Å². The van der Waals surface area contributed by atoms with Crippen LogP contribution in [0.5, 0.6) is 0 Å². The zero-order chi connectivity index (χ0) is 23.8. The molecule has 2 nitrogen and oxygen atoms in total. The second-order valence-corrected chi connectivity index (χ2v) is 13.8. The van der Waals surface area contributed by atoms with Gasteiger partial charge in [0.05, 0.1) is 0 Å². The summed E-state index contributed by atoms with van der Waals surface area (Å²) in [7, 11) is -2.71. The summed E-state index contributed by atoms with van der Waals surface area (Å²) >= 11 is 0. The molecule has 4 aromatic carbocycles. The first kappa shape index (κ1) is 22.6. The van der Waals surface area contributed by atoms with Crippen LogP contribution in [-0.4, -0.2) is 11.1 Å². The topological polar surface area (TPSA) is 29.1 Å². The molecular formula is C31H32NOP. The number of aryl methyl sites for hydroxylation is 3. The van der Waals surface area contributed by atoms with E-state index in [1.165, 1.54) is 21.5 Å². The Morgan fingerprint density at radius 3 is 1.41 bits per heavy atom. The molecule has 0 aromatic heterocycles. The van der Waals surface area contributed by atoms with Crippen molar-refractivity contribution in [3.8, 4) is 0 Å². The fraction of sp³-hybridized carbons (Fsp3) is 0.194. The van der Waals surface area contributed by atoms with Crippen LogP contribution >= 0.6 is 7.26 Å². The minimum absolute atomic E-state index is 0.158. The summed E-state index contributed by atoms with van der Waals surface area (Å²) in [4.78, 5) is 14.4. The van der Waals surface area contributed by atoms with E-state index in [4.69, 9.17) is 0 Å². The second-order valence-electron chi connectivity index (χ2n) is 9.66. The van der Waals surface area contributed by atoms with Gasteiger partial charge < -0.3 is 0 Å². The average molecular weight is 466 g/mol. The summed E-state index contributed by atoms with van der Waals surface area (Å²) in [5, 5.41) is 6.84. The van der Waals surface area contributed by atoms with E-state index in [0.717, 1.165) is 29.7 Å². The molecule has 1 amide bonds. The van der Waals surface area contributed by atoms with Gasteiger partial charge in [-0.2, -0.15) is 0 Å². The molecule has 0 aliphatic heterocycles. The molecule has 1 fully saturated rings. The number of carbonyl (C=O) groups excluding carboxylic acids is 1. The van der Waals surface area contributed by atoms with E-state index in [1.807, 2.05) is 0 Å². The van der Waals surface area contributed by atoms with Crippen molar-refractivity contribution in [2.24, 2.45) is 0 Å². The molecule has 34 heavy (non-hydrogen) atoms. The van der Waals surface area contributed by atoms with Crippen LogP contribution in [0.4, 0.5) is 5.69 Å². The monoisotopic (exact) mass is 465 g/mol. The zero-order valence-electron chi connectivity index (χ0n) is 20.1. The molecule has 1 aliphatic rings. The molecule has 0 heterocycles. The SMILES string of the molecule is Cc1cc(C)c(NC(=O)C2([PH](c3ccccc3)(c3ccccc3)c3ccccc3)CC2)c(C)c1. The van der Waals surface area contributed by atoms with Gasteiger partial charge in [0.1, 0.15) is 0 Å². The van der Waals surface area contributed by atoms with Crippen molar-refractivity contribution < 1.29 is 4.79 Å². The van der Waals surface area contributed by atoms with Crippen molar-refractivity contribution in [2.75, 3.05) is 5.32 Å². The molecule has 5 rings (SSSR count). The third-order valence-electron chi connectivity index (χ3n) is 7.44. The van der Waals surface area contributed by atoms with Crippen LogP contribution in [-0.2, 0) is 4.79 Å². The van der Waals surface area contributed by atoms with Gasteiger partial charge in [0, 0.05) is 0 Å². The number of hydrogen-bond acceptors (Lipinski definition) is 1. The molecule has 0 radical (unpaired) electrons. The number of hydrogen-bond donors (Lipinski definition) is 1. The summed E-state index contributed by atoms with van der Waals surface area (Å²) < 4.78 is 0. The molecule has 0 atom stereocenters. The summed E-state index contributed by atoms with van der Waals surface area (Å²) in [5.41, 5.74) is 4.41. The van der Waals surface area contributed by atoms with Gasteiger partial charge in [0.2, 0.25) is 0 Å². The Labute approximate surface area is 203 Å². The van der Waals surface area contributed by atoms with Gasteiger partial charge >= 0.3 is 203 Å². The zero-order valence-corrected chi connectivity index (χ0v) is 21.1. The third kappa shape index (κ3) is 3.58. The Kier molecular flexibility index (Phi) is 5.88. The Morgan fingerprint density at radius 2 is 1.06 bits per heavy atom. The first-order valence-electron chi connectivity index (χ1n) is 12.0. The van der Waals surface area contributed by atoms with Crippen LogP contribution in [0.1, 0.15) is 29.5 Å². The van der Waals surface area contributed by atoms with Gasteiger partial charge in [-0.1, -0.05) is 0 Å². The van der Waals surface area contributed by atoms with Gasteiger partial charge in [0.25, 0.3) is 0 Å². The first-order valence-corrected chi connectivity index (χ1v) is 14.0. The molecule has 1 aliphatic carbocycles. The Balaban J connectivity index is 1.74. The number of carbonyl (C=O) groups is 1. The van der Waals surface area contributed by atoms with E-state index < -0.39 is 12.4 Å². The predicted octanol–water partition coefficient (Wildman–Crippen LogP) is 5.81. The van der Waals surface area contributed by atoms with Crippen molar-refractivity contribution in [1.82, 2.24) is 0 Å². The second kappa shape index (κ2) is 8.85. The quantitative estimate of drug-likeness (QED) is 0.358. The Morgan fingerprint density at radius 1 is 0.676 bits per heavy atom. The van der Waals surface area contributed by atoms with E-state index in [1.54, 1.807) is 0 Å². The normalized spacial score (nSPS) is 14.9. The molecule has 4 aromatic rings. The molecule has 1 saturated carbocycles. The van der Waals surface area contributed by atoms with Crippen molar-refractivity contribution in [3.63, 3.8) is 0 Å². The number of amides is 1. The van der Waals surface area contributed by atoms with Crippen LogP contribution in [0.3, 0.4) is 0 Å². The number of anilines is 1. The molecular weight excluding hydrogens is 433 g/mol. The van der Waals surface area contributed by atoms with E-state index in [2.05, 4.69) is 129 Å². The molecule has 0 saturated heterocycles.